The van der Waals surface area contributed by atoms with Crippen LogP contribution < -0.4 is 5.32 Å². The Labute approximate surface area is 125 Å². The molecule has 2 rings (SSSR count). The van der Waals surface area contributed by atoms with Crippen molar-refractivity contribution < 1.29 is 4.79 Å². The van der Waals surface area contributed by atoms with Crippen molar-refractivity contribution in [3.63, 3.8) is 0 Å². The predicted octanol–water partition coefficient (Wildman–Crippen LogP) is 2.28. The van der Waals surface area contributed by atoms with Crippen molar-refractivity contribution in [1.29, 1.82) is 0 Å². The molecule has 0 aromatic heterocycles. The first-order valence-corrected chi connectivity index (χ1v) is 6.84. The van der Waals surface area contributed by atoms with Crippen LogP contribution in [0.25, 0.3) is 0 Å². The molecular formula is C14H20Cl2N2O. The molecule has 1 aromatic carbocycles. The summed E-state index contributed by atoms with van der Waals surface area (Å²) in [6.45, 7) is 5.03. The fourth-order valence-electron chi connectivity index (χ4n) is 2.47. The third-order valence-electron chi connectivity index (χ3n) is 3.40. The number of rotatable bonds is 4. The quantitative estimate of drug-likeness (QED) is 0.866. The molecule has 3 nitrogen and oxygen atoms in total. The van der Waals surface area contributed by atoms with Crippen molar-refractivity contribution in [3.05, 3.63) is 35.9 Å². The second kappa shape index (κ2) is 7.73. The number of alkyl halides is 1. The average molecular weight is 303 g/mol. The van der Waals surface area contributed by atoms with Crippen molar-refractivity contribution in [3.8, 4) is 0 Å². The highest BCUT2D eigenvalue weighted by Gasteiger charge is 2.30. The lowest BCUT2D eigenvalue weighted by Crippen LogP contribution is -2.40. The predicted molar refractivity (Wildman–Crippen MR) is 80.8 cm³/mol. The third-order valence-corrected chi connectivity index (χ3v) is 3.65. The summed E-state index contributed by atoms with van der Waals surface area (Å²) < 4.78 is 0. The summed E-state index contributed by atoms with van der Waals surface area (Å²) >= 11 is 5.52. The molecule has 5 heteroatoms. The molecule has 1 fully saturated rings. The molecule has 1 aliphatic heterocycles. The molecular weight excluding hydrogens is 283 g/mol. The van der Waals surface area contributed by atoms with Crippen LogP contribution in [-0.4, -0.2) is 35.8 Å². The van der Waals surface area contributed by atoms with Gasteiger partial charge in [-0.1, -0.05) is 37.3 Å². The van der Waals surface area contributed by atoms with Gasteiger partial charge in [0.05, 0.1) is 0 Å². The molecule has 0 spiro atoms. The van der Waals surface area contributed by atoms with Crippen LogP contribution in [0.3, 0.4) is 0 Å². The molecule has 2 unspecified atom stereocenters. The fraction of sp³-hybridized carbons (Fsp3) is 0.500. The van der Waals surface area contributed by atoms with Gasteiger partial charge in [-0.05, 0) is 11.5 Å². The van der Waals surface area contributed by atoms with Gasteiger partial charge in [-0.15, -0.1) is 24.0 Å². The highest BCUT2D eigenvalue weighted by molar-refractivity contribution is 6.27. The minimum absolute atomic E-state index is 0. The van der Waals surface area contributed by atoms with E-state index in [1.54, 1.807) is 0 Å². The van der Waals surface area contributed by atoms with E-state index in [1.165, 1.54) is 5.56 Å². The fourth-order valence-corrected chi connectivity index (χ4v) is 2.55. The van der Waals surface area contributed by atoms with Gasteiger partial charge in [-0.25, -0.2) is 0 Å². The summed E-state index contributed by atoms with van der Waals surface area (Å²) in [5, 5.41) is 2.98. The maximum atomic E-state index is 11.3. The number of likely N-dealkylation sites (tertiary alicyclic amines) is 1. The summed E-state index contributed by atoms with van der Waals surface area (Å²) in [6.07, 6.45) is 0. The van der Waals surface area contributed by atoms with E-state index in [0.29, 0.717) is 5.92 Å². The molecule has 1 saturated heterocycles. The lowest BCUT2D eigenvalue weighted by molar-refractivity contribution is -0.119. The van der Waals surface area contributed by atoms with E-state index in [2.05, 4.69) is 41.4 Å². The number of halogens is 2. The molecule has 0 aliphatic carbocycles. The van der Waals surface area contributed by atoms with Crippen LogP contribution in [0.1, 0.15) is 12.5 Å². The molecule has 1 aliphatic rings. The maximum absolute atomic E-state index is 11.3. The molecule has 0 saturated carbocycles. The van der Waals surface area contributed by atoms with Crippen LogP contribution in [-0.2, 0) is 11.3 Å². The van der Waals surface area contributed by atoms with Gasteiger partial charge in [0, 0.05) is 25.7 Å². The highest BCUT2D eigenvalue weighted by Crippen LogP contribution is 2.18. The van der Waals surface area contributed by atoms with Crippen LogP contribution in [0, 0.1) is 5.92 Å². The summed E-state index contributed by atoms with van der Waals surface area (Å²) in [4.78, 5) is 13.7. The standard InChI is InChI=1S/C14H19ClN2O.ClH/c1-11-8-17(9-12-5-3-2-4-6-12)10-13(11)16-14(18)7-15;/h2-6,11,13H,7-10H2,1H3,(H,16,18);1H. The Morgan fingerprint density at radius 1 is 1.37 bits per heavy atom. The van der Waals surface area contributed by atoms with E-state index in [1.807, 2.05) is 6.07 Å². The molecule has 1 aromatic rings. The highest BCUT2D eigenvalue weighted by atomic mass is 35.5. The lowest BCUT2D eigenvalue weighted by Gasteiger charge is -2.16. The van der Waals surface area contributed by atoms with Gasteiger partial charge in [-0.3, -0.25) is 9.69 Å². The molecule has 1 N–H and O–H groups in total. The number of carbonyl (C=O) groups excluding carboxylic acids is 1. The SMILES string of the molecule is CC1CN(Cc2ccccc2)CC1NC(=O)CCl.Cl. The van der Waals surface area contributed by atoms with Crippen LogP contribution in [0.5, 0.6) is 0 Å². The Bertz CT molecular complexity index is 400. The summed E-state index contributed by atoms with van der Waals surface area (Å²) in [5.74, 6) is 0.443. The Hall–Kier alpha value is -0.770. The summed E-state index contributed by atoms with van der Waals surface area (Å²) in [7, 11) is 0. The Kier molecular flexibility index (Phi) is 6.63. The second-order valence-electron chi connectivity index (χ2n) is 4.96. The molecule has 0 radical (unpaired) electrons. The number of benzene rings is 1. The van der Waals surface area contributed by atoms with Gasteiger partial charge >= 0.3 is 0 Å². The normalized spacial score (nSPS) is 22.8. The van der Waals surface area contributed by atoms with Gasteiger partial charge in [0.15, 0.2) is 0 Å². The van der Waals surface area contributed by atoms with Gasteiger partial charge < -0.3 is 5.32 Å². The van der Waals surface area contributed by atoms with Crippen molar-refractivity contribution in [2.75, 3.05) is 19.0 Å². The van der Waals surface area contributed by atoms with Crippen molar-refractivity contribution >= 4 is 29.9 Å². The average Bonchev–Trinajstić information content (AvgIpc) is 2.70. The molecule has 1 amide bonds. The van der Waals surface area contributed by atoms with Crippen LogP contribution in [0.4, 0.5) is 0 Å². The molecule has 106 valence electrons. The molecule has 2 atom stereocenters. The van der Waals surface area contributed by atoms with Crippen molar-refractivity contribution in [1.82, 2.24) is 10.2 Å². The van der Waals surface area contributed by atoms with E-state index >= 15 is 0 Å². The summed E-state index contributed by atoms with van der Waals surface area (Å²) in [6, 6.07) is 10.6. The number of nitrogens with zero attached hydrogens (tertiary/aromatic N) is 1. The number of nitrogens with one attached hydrogen (secondary N) is 1. The summed E-state index contributed by atoms with van der Waals surface area (Å²) in [5.41, 5.74) is 1.31. The van der Waals surface area contributed by atoms with Crippen LogP contribution in [0.15, 0.2) is 30.3 Å². The van der Waals surface area contributed by atoms with E-state index in [0.717, 1.165) is 19.6 Å². The van der Waals surface area contributed by atoms with Gasteiger partial charge in [0.2, 0.25) is 5.91 Å². The van der Waals surface area contributed by atoms with E-state index in [4.69, 9.17) is 11.6 Å². The monoisotopic (exact) mass is 302 g/mol. The zero-order valence-corrected chi connectivity index (χ0v) is 12.6. The molecule has 0 bridgehead atoms. The number of hydrogen-bond acceptors (Lipinski definition) is 2. The van der Waals surface area contributed by atoms with E-state index in [-0.39, 0.29) is 30.2 Å². The Balaban J connectivity index is 0.00000180. The van der Waals surface area contributed by atoms with Gasteiger partial charge in [-0.2, -0.15) is 0 Å². The molecule has 19 heavy (non-hydrogen) atoms. The zero-order chi connectivity index (χ0) is 13.0. The first-order chi connectivity index (χ1) is 8.69. The number of hydrogen-bond donors (Lipinski definition) is 1. The zero-order valence-electron chi connectivity index (χ0n) is 11.0. The van der Waals surface area contributed by atoms with Gasteiger partial charge in [0.1, 0.15) is 5.88 Å². The topological polar surface area (TPSA) is 32.3 Å². The smallest absolute Gasteiger partial charge is 0.235 e. The lowest BCUT2D eigenvalue weighted by atomic mass is 10.1. The van der Waals surface area contributed by atoms with E-state index < -0.39 is 0 Å². The number of amides is 1. The number of carbonyl (C=O) groups is 1. The first-order valence-electron chi connectivity index (χ1n) is 6.30. The van der Waals surface area contributed by atoms with E-state index in [9.17, 15) is 4.79 Å². The second-order valence-corrected chi connectivity index (χ2v) is 5.23. The van der Waals surface area contributed by atoms with Crippen LogP contribution >= 0.6 is 24.0 Å². The Morgan fingerprint density at radius 2 is 2.05 bits per heavy atom. The minimum Gasteiger partial charge on any atom is -0.351 e. The third kappa shape index (κ3) is 4.68. The van der Waals surface area contributed by atoms with Crippen molar-refractivity contribution in [2.45, 2.75) is 19.5 Å². The minimum atomic E-state index is -0.0740. The van der Waals surface area contributed by atoms with Crippen LogP contribution in [0.2, 0.25) is 0 Å². The largest absolute Gasteiger partial charge is 0.351 e. The molecule has 1 heterocycles. The Morgan fingerprint density at radius 3 is 2.68 bits per heavy atom. The maximum Gasteiger partial charge on any atom is 0.235 e. The van der Waals surface area contributed by atoms with Crippen molar-refractivity contribution in [2.24, 2.45) is 5.92 Å². The van der Waals surface area contributed by atoms with Gasteiger partial charge in [0.25, 0.3) is 0 Å². The first kappa shape index (κ1) is 16.3.